The van der Waals surface area contributed by atoms with Gasteiger partial charge in [-0.25, -0.2) is 0 Å². The number of halogens is 2. The minimum atomic E-state index is -0.181. The number of hydrogen-bond donors (Lipinski definition) is 1. The Bertz CT molecular complexity index is 288. The first-order valence-corrected chi connectivity index (χ1v) is 5.95. The summed E-state index contributed by atoms with van der Waals surface area (Å²) in [6.45, 7) is 1.99. The van der Waals surface area contributed by atoms with Crippen LogP contribution in [0.4, 0.5) is 0 Å². The van der Waals surface area contributed by atoms with Crippen LogP contribution in [-0.4, -0.2) is 19.0 Å². The first kappa shape index (κ1) is 15.7. The van der Waals surface area contributed by atoms with Gasteiger partial charge < -0.3 is 9.84 Å². The zero-order valence-corrected chi connectivity index (χ0v) is 11.2. The van der Waals surface area contributed by atoms with Crippen LogP contribution in [0.5, 0.6) is 0 Å². The quantitative estimate of drug-likeness (QED) is 0.836. The van der Waals surface area contributed by atoms with Crippen molar-refractivity contribution in [2.75, 3.05) is 13.9 Å². The lowest BCUT2D eigenvalue weighted by molar-refractivity contribution is 0.0325. The molecule has 4 heteroatoms. The average Bonchev–Trinajstić information content (AvgIpc) is 2.28. The largest absolute Gasteiger partial charge is 0.371 e. The molecule has 0 aromatic heterocycles. The van der Waals surface area contributed by atoms with Gasteiger partial charge in [-0.3, -0.25) is 0 Å². The van der Waals surface area contributed by atoms with E-state index in [1.165, 1.54) is 25.5 Å². The molecule has 0 saturated heterocycles. The van der Waals surface area contributed by atoms with Gasteiger partial charge in [-0.1, -0.05) is 42.6 Å². The molecule has 0 saturated carbocycles. The van der Waals surface area contributed by atoms with E-state index in [-0.39, 0.29) is 6.79 Å². The van der Waals surface area contributed by atoms with Crippen LogP contribution in [-0.2, 0) is 11.2 Å². The third kappa shape index (κ3) is 7.07. The van der Waals surface area contributed by atoms with Crippen molar-refractivity contribution in [2.45, 2.75) is 26.2 Å². The van der Waals surface area contributed by atoms with E-state index < -0.39 is 0 Å². The molecule has 16 heavy (non-hydrogen) atoms. The van der Waals surface area contributed by atoms with Crippen LogP contribution in [0.1, 0.15) is 25.3 Å². The molecule has 0 aliphatic heterocycles. The summed E-state index contributed by atoms with van der Waals surface area (Å²) in [5.74, 6) is 0. The Balaban J connectivity index is 0.000000487. The molecule has 0 amide bonds. The van der Waals surface area contributed by atoms with Crippen LogP contribution in [0.2, 0.25) is 10.0 Å². The third-order valence-electron chi connectivity index (χ3n) is 1.94. The highest BCUT2D eigenvalue weighted by atomic mass is 35.5. The van der Waals surface area contributed by atoms with E-state index in [1.54, 1.807) is 6.07 Å². The molecule has 2 nitrogen and oxygen atoms in total. The molecule has 0 spiro atoms. The summed E-state index contributed by atoms with van der Waals surface area (Å²) >= 11 is 11.7. The molecular weight excluding hydrogens is 247 g/mol. The second kappa shape index (κ2) is 9.91. The highest BCUT2D eigenvalue weighted by molar-refractivity contribution is 6.35. The first-order chi connectivity index (χ1) is 7.65. The molecule has 1 N–H and O–H groups in total. The van der Waals surface area contributed by atoms with E-state index in [0.717, 1.165) is 11.4 Å². The van der Waals surface area contributed by atoms with Crippen molar-refractivity contribution >= 4 is 23.2 Å². The van der Waals surface area contributed by atoms with Crippen LogP contribution >= 0.6 is 23.2 Å². The molecule has 0 aliphatic carbocycles. The fourth-order valence-electron chi connectivity index (χ4n) is 1.09. The van der Waals surface area contributed by atoms with Gasteiger partial charge in [0.2, 0.25) is 0 Å². The second-order valence-electron chi connectivity index (χ2n) is 3.26. The Morgan fingerprint density at radius 3 is 2.38 bits per heavy atom. The Hall–Kier alpha value is -0.280. The molecule has 1 aromatic rings. The number of benzene rings is 1. The summed E-state index contributed by atoms with van der Waals surface area (Å²) in [6.07, 6.45) is 3.42. The second-order valence-corrected chi connectivity index (χ2v) is 4.10. The van der Waals surface area contributed by atoms with Crippen molar-refractivity contribution in [3.05, 3.63) is 33.8 Å². The molecule has 92 valence electrons. The fourth-order valence-corrected chi connectivity index (χ4v) is 1.59. The summed E-state index contributed by atoms with van der Waals surface area (Å²) in [4.78, 5) is 0. The number of methoxy groups -OCH3 is 1. The lowest BCUT2D eigenvalue weighted by Gasteiger charge is -2.02. The minimum Gasteiger partial charge on any atom is -0.371 e. The van der Waals surface area contributed by atoms with Crippen LogP contribution < -0.4 is 0 Å². The lowest BCUT2D eigenvalue weighted by atomic mass is 10.1. The van der Waals surface area contributed by atoms with E-state index in [4.69, 9.17) is 28.3 Å². The topological polar surface area (TPSA) is 29.5 Å². The van der Waals surface area contributed by atoms with Gasteiger partial charge in [0.05, 0.1) is 0 Å². The standard InChI is InChI=1S/C10H12Cl2.C2H6O2/c1-2-3-4-8-5-6-9(11)7-10(8)12;1-4-2-3/h5-7H,2-4H2,1H3;3H,2H2,1H3. The van der Waals surface area contributed by atoms with Gasteiger partial charge in [0, 0.05) is 17.2 Å². The Kier molecular flexibility index (Phi) is 9.74. The van der Waals surface area contributed by atoms with Gasteiger partial charge in [-0.05, 0) is 30.5 Å². The van der Waals surface area contributed by atoms with E-state index in [9.17, 15) is 0 Å². The van der Waals surface area contributed by atoms with Gasteiger partial charge in [-0.15, -0.1) is 0 Å². The normalized spacial score (nSPS) is 9.56. The maximum Gasteiger partial charge on any atom is 0.143 e. The highest BCUT2D eigenvalue weighted by Gasteiger charge is 1.99. The van der Waals surface area contributed by atoms with Crippen molar-refractivity contribution < 1.29 is 9.84 Å². The van der Waals surface area contributed by atoms with Gasteiger partial charge in [0.1, 0.15) is 6.79 Å². The van der Waals surface area contributed by atoms with E-state index in [1.807, 2.05) is 12.1 Å². The van der Waals surface area contributed by atoms with Crippen LogP contribution in [0, 0.1) is 0 Å². The maximum absolute atomic E-state index is 7.65. The molecule has 0 atom stereocenters. The molecule has 0 aliphatic rings. The van der Waals surface area contributed by atoms with Crippen LogP contribution in [0.25, 0.3) is 0 Å². The predicted molar refractivity (Wildman–Crippen MR) is 69.2 cm³/mol. The fraction of sp³-hybridized carbons (Fsp3) is 0.500. The summed E-state index contributed by atoms with van der Waals surface area (Å²) in [6, 6.07) is 5.69. The number of rotatable bonds is 4. The maximum atomic E-state index is 7.65. The molecule has 0 unspecified atom stereocenters. The van der Waals surface area contributed by atoms with Crippen molar-refractivity contribution in [3.63, 3.8) is 0 Å². The highest BCUT2D eigenvalue weighted by Crippen LogP contribution is 2.22. The molecule has 0 heterocycles. The van der Waals surface area contributed by atoms with Crippen LogP contribution in [0.15, 0.2) is 18.2 Å². The molecular formula is C12H18Cl2O2. The Morgan fingerprint density at radius 2 is 1.94 bits per heavy atom. The smallest absolute Gasteiger partial charge is 0.143 e. The number of hydrogen-bond acceptors (Lipinski definition) is 2. The van der Waals surface area contributed by atoms with Gasteiger partial charge in [0.25, 0.3) is 0 Å². The third-order valence-corrected chi connectivity index (χ3v) is 2.53. The van der Waals surface area contributed by atoms with Crippen molar-refractivity contribution in [1.29, 1.82) is 0 Å². The predicted octanol–water partition coefficient (Wildman–Crippen LogP) is 3.92. The summed E-state index contributed by atoms with van der Waals surface area (Å²) < 4.78 is 4.10. The van der Waals surface area contributed by atoms with Crippen molar-refractivity contribution in [3.8, 4) is 0 Å². The van der Waals surface area contributed by atoms with Crippen molar-refractivity contribution in [2.24, 2.45) is 0 Å². The summed E-state index contributed by atoms with van der Waals surface area (Å²) in [5.41, 5.74) is 1.20. The number of aryl methyl sites for hydroxylation is 1. The average molecular weight is 265 g/mol. The monoisotopic (exact) mass is 264 g/mol. The number of aliphatic hydroxyl groups excluding tert-OH is 1. The van der Waals surface area contributed by atoms with E-state index in [0.29, 0.717) is 5.02 Å². The SMILES string of the molecule is CCCCc1ccc(Cl)cc1Cl.COCO. The van der Waals surface area contributed by atoms with Gasteiger partial charge in [-0.2, -0.15) is 0 Å². The van der Waals surface area contributed by atoms with Crippen LogP contribution in [0.3, 0.4) is 0 Å². The summed E-state index contributed by atoms with van der Waals surface area (Å²) in [5, 5.41) is 9.15. The van der Waals surface area contributed by atoms with Gasteiger partial charge >= 0.3 is 0 Å². The lowest BCUT2D eigenvalue weighted by Crippen LogP contribution is -1.85. The van der Waals surface area contributed by atoms with E-state index in [2.05, 4.69) is 11.7 Å². The molecule has 0 radical (unpaired) electrons. The van der Waals surface area contributed by atoms with E-state index >= 15 is 0 Å². The number of unbranched alkanes of at least 4 members (excludes halogenated alkanes) is 1. The Labute approximate surface area is 107 Å². The first-order valence-electron chi connectivity index (χ1n) is 5.19. The molecule has 1 aromatic carbocycles. The molecule has 0 fully saturated rings. The number of aliphatic hydroxyl groups is 1. The zero-order chi connectivity index (χ0) is 12.4. The van der Waals surface area contributed by atoms with Crippen molar-refractivity contribution in [1.82, 2.24) is 0 Å². The van der Waals surface area contributed by atoms with Gasteiger partial charge in [0.15, 0.2) is 0 Å². The summed E-state index contributed by atoms with van der Waals surface area (Å²) in [7, 11) is 1.43. The molecule has 1 rings (SSSR count). The number of ether oxygens (including phenoxy) is 1. The molecule has 0 bridgehead atoms. The Morgan fingerprint density at radius 1 is 1.31 bits per heavy atom. The zero-order valence-electron chi connectivity index (χ0n) is 9.67. The minimum absolute atomic E-state index is 0.181.